The van der Waals surface area contributed by atoms with Crippen LogP contribution in [-0.2, 0) is 19.1 Å². The van der Waals surface area contributed by atoms with Gasteiger partial charge >= 0.3 is 5.97 Å². The molecule has 2 bridgehead atoms. The van der Waals surface area contributed by atoms with Gasteiger partial charge in [0.05, 0.1) is 11.8 Å². The first-order valence-electron chi connectivity index (χ1n) is 10.7. The van der Waals surface area contributed by atoms with Crippen LogP contribution in [0.2, 0.25) is 0 Å². The number of aryl methyl sites for hydroxylation is 1. The number of rotatable bonds is 5. The van der Waals surface area contributed by atoms with Crippen LogP contribution in [0.1, 0.15) is 36.2 Å². The average Bonchev–Trinajstić information content (AvgIpc) is 3.51. The van der Waals surface area contributed by atoms with Gasteiger partial charge in [0.15, 0.2) is 6.10 Å². The minimum absolute atomic E-state index is 0.108. The fourth-order valence-corrected chi connectivity index (χ4v) is 5.75. The van der Waals surface area contributed by atoms with Crippen LogP contribution >= 0.6 is 0 Å². The zero-order chi connectivity index (χ0) is 21.3. The molecule has 8 atom stereocenters. The standard InChI is InChI=1S/C24H25NO5/c1-11-4-6-14(7-5-11)21(26)13(3)30-24(29)12(2)25-22(27)19-15-8-9-16(18-10-17(15)18)20(19)23(25)28/h4-9,12-13,15-20H,10H2,1-3H3/t12-,13+,15+,16+,17-,18+,19-,20-/m0/s1. The molecule has 156 valence electrons. The van der Waals surface area contributed by atoms with Crippen LogP contribution in [0.15, 0.2) is 36.4 Å². The van der Waals surface area contributed by atoms with Crippen LogP contribution in [0.5, 0.6) is 0 Å². The lowest BCUT2D eigenvalue weighted by atomic mass is 9.63. The highest BCUT2D eigenvalue weighted by Crippen LogP contribution is 2.65. The van der Waals surface area contributed by atoms with Crippen molar-refractivity contribution in [2.24, 2.45) is 35.5 Å². The van der Waals surface area contributed by atoms with E-state index in [0.717, 1.165) is 16.9 Å². The molecule has 6 rings (SSSR count). The van der Waals surface area contributed by atoms with Crippen LogP contribution < -0.4 is 0 Å². The summed E-state index contributed by atoms with van der Waals surface area (Å²) in [5, 5.41) is 0. The maximum absolute atomic E-state index is 13.1. The third kappa shape index (κ3) is 2.69. The summed E-state index contributed by atoms with van der Waals surface area (Å²) in [6, 6.07) is 5.98. The molecule has 0 N–H and O–H groups in total. The van der Waals surface area contributed by atoms with Crippen molar-refractivity contribution in [3.8, 4) is 0 Å². The predicted octanol–water partition coefficient (Wildman–Crippen LogP) is 2.55. The maximum Gasteiger partial charge on any atom is 0.329 e. The molecule has 4 aliphatic carbocycles. The number of hydrogen-bond acceptors (Lipinski definition) is 5. The van der Waals surface area contributed by atoms with Crippen molar-refractivity contribution in [3.05, 3.63) is 47.5 Å². The number of nitrogens with zero attached hydrogens (tertiary/aromatic N) is 1. The van der Waals surface area contributed by atoms with Crippen LogP contribution in [0, 0.1) is 42.4 Å². The van der Waals surface area contributed by atoms with Crippen LogP contribution in [0.4, 0.5) is 0 Å². The number of amides is 2. The number of esters is 1. The van der Waals surface area contributed by atoms with Crippen molar-refractivity contribution in [2.75, 3.05) is 0 Å². The lowest BCUT2D eigenvalue weighted by molar-refractivity contribution is -0.160. The van der Waals surface area contributed by atoms with Gasteiger partial charge in [0.2, 0.25) is 17.6 Å². The number of allylic oxidation sites excluding steroid dienone is 2. The molecule has 1 aromatic rings. The normalized spacial score (nSPS) is 35.0. The number of benzene rings is 1. The summed E-state index contributed by atoms with van der Waals surface area (Å²) >= 11 is 0. The van der Waals surface area contributed by atoms with Gasteiger partial charge in [0, 0.05) is 5.56 Å². The third-order valence-corrected chi connectivity index (χ3v) is 7.42. The van der Waals surface area contributed by atoms with Crippen molar-refractivity contribution < 1.29 is 23.9 Å². The molecule has 2 saturated carbocycles. The van der Waals surface area contributed by atoms with Gasteiger partial charge in [-0.05, 0) is 50.9 Å². The summed E-state index contributed by atoms with van der Waals surface area (Å²) in [7, 11) is 0. The fourth-order valence-electron chi connectivity index (χ4n) is 5.75. The van der Waals surface area contributed by atoms with E-state index in [1.165, 1.54) is 13.8 Å². The Balaban J connectivity index is 1.29. The molecular formula is C24H25NO5. The van der Waals surface area contributed by atoms with Gasteiger partial charge in [0.1, 0.15) is 6.04 Å². The van der Waals surface area contributed by atoms with Crippen molar-refractivity contribution in [2.45, 2.75) is 39.3 Å². The molecule has 6 heteroatoms. The van der Waals surface area contributed by atoms with E-state index in [2.05, 4.69) is 12.2 Å². The Bertz CT molecular complexity index is 944. The minimum atomic E-state index is -1.04. The van der Waals surface area contributed by atoms with Crippen LogP contribution in [-0.4, -0.2) is 40.6 Å². The van der Waals surface area contributed by atoms with Crippen molar-refractivity contribution in [1.29, 1.82) is 0 Å². The molecule has 2 amide bonds. The maximum atomic E-state index is 13.1. The van der Waals surface area contributed by atoms with Crippen molar-refractivity contribution in [1.82, 2.24) is 4.90 Å². The summed E-state index contributed by atoms with van der Waals surface area (Å²) in [5.41, 5.74) is 1.48. The number of imide groups is 1. The summed E-state index contributed by atoms with van der Waals surface area (Å²) in [5.74, 6) is -1.04. The van der Waals surface area contributed by atoms with Gasteiger partial charge in [-0.25, -0.2) is 4.79 Å². The Morgan fingerprint density at radius 1 is 0.967 bits per heavy atom. The summed E-state index contributed by atoms with van der Waals surface area (Å²) in [4.78, 5) is 52.6. The summed E-state index contributed by atoms with van der Waals surface area (Å²) in [6.07, 6.45) is 4.29. The molecule has 0 radical (unpaired) electrons. The first-order chi connectivity index (χ1) is 14.3. The Labute approximate surface area is 175 Å². The first-order valence-corrected chi connectivity index (χ1v) is 10.7. The number of hydrogen-bond donors (Lipinski definition) is 0. The lowest BCUT2D eigenvalue weighted by Crippen LogP contribution is -2.46. The second-order valence-electron chi connectivity index (χ2n) is 9.19. The van der Waals surface area contributed by atoms with Gasteiger partial charge < -0.3 is 4.74 Å². The number of ketones is 1. The number of Topliss-reactive ketones (excluding diaryl/α,β-unsaturated/α-hetero) is 1. The molecule has 0 unspecified atom stereocenters. The minimum Gasteiger partial charge on any atom is -0.453 e. The number of likely N-dealkylation sites (tertiary alicyclic amines) is 1. The third-order valence-electron chi connectivity index (χ3n) is 7.42. The number of ether oxygens (including phenoxy) is 1. The van der Waals surface area contributed by atoms with Crippen molar-refractivity contribution >= 4 is 23.6 Å². The van der Waals surface area contributed by atoms with Gasteiger partial charge in [-0.15, -0.1) is 0 Å². The molecule has 0 spiro atoms. The molecule has 1 aliphatic heterocycles. The average molecular weight is 407 g/mol. The number of carbonyl (C=O) groups is 4. The van der Waals surface area contributed by atoms with Crippen LogP contribution in [0.3, 0.4) is 0 Å². The number of carbonyl (C=O) groups excluding carboxylic acids is 4. The van der Waals surface area contributed by atoms with Gasteiger partial charge in [-0.1, -0.05) is 42.0 Å². The highest BCUT2D eigenvalue weighted by molar-refractivity contribution is 6.09. The highest BCUT2D eigenvalue weighted by Gasteiger charge is 2.67. The van der Waals surface area contributed by atoms with E-state index in [1.54, 1.807) is 12.1 Å². The molecule has 1 aromatic carbocycles. The van der Waals surface area contributed by atoms with E-state index in [-0.39, 0.29) is 41.3 Å². The van der Waals surface area contributed by atoms with E-state index in [4.69, 9.17) is 4.74 Å². The Morgan fingerprint density at radius 3 is 2.03 bits per heavy atom. The summed E-state index contributed by atoms with van der Waals surface area (Å²) in [6.45, 7) is 4.94. The Hall–Kier alpha value is -2.76. The van der Waals surface area contributed by atoms with Gasteiger partial charge in [0.25, 0.3) is 0 Å². The zero-order valence-electron chi connectivity index (χ0n) is 17.3. The topological polar surface area (TPSA) is 80.8 Å². The van der Waals surface area contributed by atoms with Crippen LogP contribution in [0.25, 0.3) is 0 Å². The molecular weight excluding hydrogens is 382 g/mol. The van der Waals surface area contributed by atoms with E-state index >= 15 is 0 Å². The van der Waals surface area contributed by atoms with Crippen molar-refractivity contribution in [3.63, 3.8) is 0 Å². The van der Waals surface area contributed by atoms with E-state index in [1.807, 2.05) is 19.1 Å². The van der Waals surface area contributed by atoms with Gasteiger partial charge in [-0.3, -0.25) is 19.3 Å². The van der Waals surface area contributed by atoms with E-state index in [9.17, 15) is 19.2 Å². The molecule has 5 aliphatic rings. The SMILES string of the molecule is Cc1ccc(C(=O)[C@@H](C)OC(=O)[C@H](C)N2C(=O)[C@H]3[C@@H]4C=C[C@H]([C@@H]5C[C@H]45)[C@@H]3C2=O)cc1. The Morgan fingerprint density at radius 2 is 1.50 bits per heavy atom. The van der Waals surface area contributed by atoms with E-state index in [0.29, 0.717) is 17.4 Å². The highest BCUT2D eigenvalue weighted by atomic mass is 16.5. The molecule has 0 aromatic heterocycles. The second kappa shape index (κ2) is 6.62. The fraction of sp³-hybridized carbons (Fsp3) is 0.500. The quantitative estimate of drug-likeness (QED) is 0.324. The lowest BCUT2D eigenvalue weighted by Gasteiger charge is -2.37. The smallest absolute Gasteiger partial charge is 0.329 e. The molecule has 1 heterocycles. The predicted molar refractivity (Wildman–Crippen MR) is 107 cm³/mol. The van der Waals surface area contributed by atoms with Gasteiger partial charge in [-0.2, -0.15) is 0 Å². The van der Waals surface area contributed by atoms with E-state index < -0.39 is 18.1 Å². The zero-order valence-corrected chi connectivity index (χ0v) is 17.3. The molecule has 6 nitrogen and oxygen atoms in total. The molecule has 1 saturated heterocycles. The largest absolute Gasteiger partial charge is 0.453 e. The monoisotopic (exact) mass is 407 g/mol. The Kier molecular flexibility index (Phi) is 4.24. The molecule has 3 fully saturated rings. The summed E-state index contributed by atoms with van der Waals surface area (Å²) < 4.78 is 5.37. The second-order valence-corrected chi connectivity index (χ2v) is 9.19. The molecule has 30 heavy (non-hydrogen) atoms. The first kappa shape index (κ1) is 19.2.